The topological polar surface area (TPSA) is 17.1 Å². The highest BCUT2D eigenvalue weighted by atomic mass is 32.2. The fraction of sp³-hybridized carbons (Fsp3) is 0.300. The van der Waals surface area contributed by atoms with Crippen LogP contribution in [0.5, 0.6) is 0 Å². The number of carbonyl (C=O) groups excluding carboxylic acids is 1. The zero-order chi connectivity index (χ0) is 13.3. The summed E-state index contributed by atoms with van der Waals surface area (Å²) in [5.41, 5.74) is -1.14. The van der Waals surface area contributed by atoms with Crippen molar-refractivity contribution in [2.75, 3.05) is 0 Å². The summed E-state index contributed by atoms with van der Waals surface area (Å²) < 4.78 is 61.8. The van der Waals surface area contributed by atoms with E-state index >= 15 is 0 Å². The van der Waals surface area contributed by atoms with Gasteiger partial charge in [-0.15, -0.1) is 0 Å². The predicted molar refractivity (Wildman–Crippen MR) is 52.9 cm³/mol. The molecule has 94 valence electrons. The van der Waals surface area contributed by atoms with Crippen molar-refractivity contribution in [2.45, 2.75) is 23.9 Å². The number of carbonyl (C=O) groups is 1. The standard InChI is InChI=1S/C10H7F5OS/c1-6(16)17-8-4-2-7(3-5-8)9(11,12)10(13,14)15/h2-5H,1H3. The lowest BCUT2D eigenvalue weighted by Gasteiger charge is -2.19. The number of alkyl halides is 5. The monoisotopic (exact) mass is 270 g/mol. The Morgan fingerprint density at radius 3 is 1.88 bits per heavy atom. The quantitative estimate of drug-likeness (QED) is 0.597. The van der Waals surface area contributed by atoms with Gasteiger partial charge in [-0.05, 0) is 12.1 Å². The number of hydrogen-bond acceptors (Lipinski definition) is 2. The third kappa shape index (κ3) is 3.18. The second-order valence-electron chi connectivity index (χ2n) is 3.19. The SMILES string of the molecule is CC(=O)Sc1ccc(C(F)(F)C(F)(F)F)cc1. The van der Waals surface area contributed by atoms with Gasteiger partial charge in [-0.1, -0.05) is 23.9 Å². The van der Waals surface area contributed by atoms with E-state index in [2.05, 4.69) is 0 Å². The van der Waals surface area contributed by atoms with Gasteiger partial charge in [-0.25, -0.2) is 0 Å². The van der Waals surface area contributed by atoms with E-state index in [9.17, 15) is 26.7 Å². The molecule has 1 rings (SSSR count). The first kappa shape index (κ1) is 14.0. The second kappa shape index (κ2) is 4.64. The Morgan fingerprint density at radius 2 is 1.53 bits per heavy atom. The molecule has 1 nitrogen and oxygen atoms in total. The first-order valence-corrected chi connectivity index (χ1v) is 5.20. The molecule has 0 radical (unpaired) electrons. The van der Waals surface area contributed by atoms with Gasteiger partial charge in [0, 0.05) is 17.4 Å². The Kier molecular flexibility index (Phi) is 3.81. The maximum Gasteiger partial charge on any atom is 0.458 e. The molecule has 0 aliphatic heterocycles. The Balaban J connectivity index is 2.99. The van der Waals surface area contributed by atoms with Crippen LogP contribution in [0.1, 0.15) is 12.5 Å². The van der Waals surface area contributed by atoms with Gasteiger partial charge in [0.2, 0.25) is 0 Å². The zero-order valence-electron chi connectivity index (χ0n) is 8.52. The maximum absolute atomic E-state index is 12.9. The molecule has 0 atom stereocenters. The molecule has 1 aromatic rings. The Morgan fingerprint density at radius 1 is 1.06 bits per heavy atom. The molecule has 0 heterocycles. The number of halogens is 5. The first-order chi connectivity index (χ1) is 7.64. The van der Waals surface area contributed by atoms with Crippen LogP contribution in [0.2, 0.25) is 0 Å². The van der Waals surface area contributed by atoms with Crippen LogP contribution in [0.4, 0.5) is 22.0 Å². The van der Waals surface area contributed by atoms with Gasteiger partial charge in [-0.2, -0.15) is 22.0 Å². The van der Waals surface area contributed by atoms with E-state index in [1.165, 1.54) is 6.92 Å². The lowest BCUT2D eigenvalue weighted by atomic mass is 10.1. The van der Waals surface area contributed by atoms with Crippen molar-refractivity contribution in [2.24, 2.45) is 0 Å². The molecular formula is C10H7F5OS. The molecule has 1 aromatic carbocycles. The minimum absolute atomic E-state index is 0.277. The van der Waals surface area contributed by atoms with Gasteiger partial charge in [0.25, 0.3) is 0 Å². The van der Waals surface area contributed by atoms with E-state index in [1.54, 1.807) is 0 Å². The number of rotatable bonds is 2. The maximum atomic E-state index is 12.9. The van der Waals surface area contributed by atoms with Gasteiger partial charge in [0.1, 0.15) is 0 Å². The van der Waals surface area contributed by atoms with Crippen molar-refractivity contribution in [1.82, 2.24) is 0 Å². The van der Waals surface area contributed by atoms with Crippen molar-refractivity contribution in [3.8, 4) is 0 Å². The molecule has 17 heavy (non-hydrogen) atoms. The van der Waals surface area contributed by atoms with Crippen LogP contribution in [0.15, 0.2) is 29.2 Å². The normalized spacial score (nSPS) is 12.6. The van der Waals surface area contributed by atoms with Crippen molar-refractivity contribution in [3.05, 3.63) is 29.8 Å². The van der Waals surface area contributed by atoms with Crippen LogP contribution in [0, 0.1) is 0 Å². The van der Waals surface area contributed by atoms with Crippen LogP contribution in [0.3, 0.4) is 0 Å². The fourth-order valence-electron chi connectivity index (χ4n) is 1.06. The molecule has 7 heteroatoms. The fourth-order valence-corrected chi connectivity index (χ4v) is 1.67. The predicted octanol–water partition coefficient (Wildman–Crippen LogP) is 3.98. The summed E-state index contributed by atoms with van der Waals surface area (Å²) >= 11 is 0.760. The molecule has 0 saturated carbocycles. The van der Waals surface area contributed by atoms with Gasteiger partial charge < -0.3 is 0 Å². The highest BCUT2D eigenvalue weighted by Crippen LogP contribution is 2.44. The van der Waals surface area contributed by atoms with E-state index in [4.69, 9.17) is 0 Å². The van der Waals surface area contributed by atoms with E-state index in [1.807, 2.05) is 0 Å². The van der Waals surface area contributed by atoms with Crippen LogP contribution in [-0.4, -0.2) is 11.3 Å². The molecule has 0 aliphatic carbocycles. The van der Waals surface area contributed by atoms with Gasteiger partial charge >= 0.3 is 12.1 Å². The Bertz CT molecular complexity index is 410. The van der Waals surface area contributed by atoms with E-state index in [0.29, 0.717) is 17.0 Å². The molecule has 0 bridgehead atoms. The van der Waals surface area contributed by atoms with Crippen LogP contribution in [-0.2, 0) is 10.7 Å². The van der Waals surface area contributed by atoms with E-state index in [0.717, 1.165) is 23.9 Å². The molecule has 0 spiro atoms. The molecule has 0 fully saturated rings. The van der Waals surface area contributed by atoms with Crippen LogP contribution >= 0.6 is 11.8 Å². The Hall–Kier alpha value is -1.11. The number of benzene rings is 1. The lowest BCUT2D eigenvalue weighted by molar-refractivity contribution is -0.289. The average Bonchev–Trinajstić information content (AvgIpc) is 2.15. The molecule has 0 unspecified atom stereocenters. The van der Waals surface area contributed by atoms with Crippen LogP contribution in [0.25, 0.3) is 0 Å². The zero-order valence-corrected chi connectivity index (χ0v) is 9.33. The average molecular weight is 270 g/mol. The van der Waals surface area contributed by atoms with Crippen molar-refractivity contribution in [3.63, 3.8) is 0 Å². The summed E-state index contributed by atoms with van der Waals surface area (Å²) in [6.45, 7) is 1.27. The van der Waals surface area contributed by atoms with Gasteiger partial charge in [0.05, 0.1) is 0 Å². The molecule has 0 N–H and O–H groups in total. The number of thioether (sulfide) groups is 1. The molecule has 0 amide bonds. The summed E-state index contributed by atoms with van der Waals surface area (Å²) in [6.07, 6.45) is -5.62. The highest BCUT2D eigenvalue weighted by molar-refractivity contribution is 8.13. The largest absolute Gasteiger partial charge is 0.458 e. The van der Waals surface area contributed by atoms with Crippen molar-refractivity contribution in [1.29, 1.82) is 0 Å². The minimum Gasteiger partial charge on any atom is -0.287 e. The third-order valence-corrected chi connectivity index (χ3v) is 2.63. The van der Waals surface area contributed by atoms with Crippen molar-refractivity contribution < 1.29 is 26.7 Å². The third-order valence-electron chi connectivity index (χ3n) is 1.83. The summed E-state index contributed by atoms with van der Waals surface area (Å²) in [5, 5.41) is -0.277. The summed E-state index contributed by atoms with van der Waals surface area (Å²) in [5.74, 6) is -4.88. The van der Waals surface area contributed by atoms with Crippen LogP contribution < -0.4 is 0 Å². The second-order valence-corrected chi connectivity index (χ2v) is 4.44. The minimum atomic E-state index is -5.62. The van der Waals surface area contributed by atoms with E-state index in [-0.39, 0.29) is 5.12 Å². The van der Waals surface area contributed by atoms with Gasteiger partial charge in [0.15, 0.2) is 5.12 Å². The summed E-state index contributed by atoms with van der Waals surface area (Å²) in [6, 6.07) is 3.44. The van der Waals surface area contributed by atoms with Gasteiger partial charge in [-0.3, -0.25) is 4.79 Å². The summed E-state index contributed by atoms with van der Waals surface area (Å²) in [4.78, 5) is 11.0. The summed E-state index contributed by atoms with van der Waals surface area (Å²) in [7, 11) is 0. The Labute approximate surface area is 98.0 Å². The molecular weight excluding hydrogens is 263 g/mol. The van der Waals surface area contributed by atoms with Crippen molar-refractivity contribution >= 4 is 16.9 Å². The molecule has 0 saturated heterocycles. The lowest BCUT2D eigenvalue weighted by Crippen LogP contribution is -2.33. The smallest absolute Gasteiger partial charge is 0.287 e. The molecule has 0 aromatic heterocycles. The van der Waals surface area contributed by atoms with E-state index < -0.39 is 17.7 Å². The highest BCUT2D eigenvalue weighted by Gasteiger charge is 2.58. The number of hydrogen-bond donors (Lipinski definition) is 0. The first-order valence-electron chi connectivity index (χ1n) is 4.38. The molecule has 0 aliphatic rings.